The number of nitrogens with one attached hydrogen (secondary N) is 1. The Bertz CT molecular complexity index is 989. The Labute approximate surface area is 165 Å². The van der Waals surface area contributed by atoms with Crippen molar-refractivity contribution in [2.45, 2.75) is 20.3 Å². The summed E-state index contributed by atoms with van der Waals surface area (Å²) in [6.45, 7) is 3.04. The molecular formula is C24H22N2O2. The van der Waals surface area contributed by atoms with Crippen LogP contribution < -0.4 is 0 Å². The molecule has 140 valence electrons. The van der Waals surface area contributed by atoms with Gasteiger partial charge in [0.1, 0.15) is 0 Å². The van der Waals surface area contributed by atoms with Gasteiger partial charge in [-0.05, 0) is 34.7 Å². The van der Waals surface area contributed by atoms with Gasteiger partial charge in [-0.2, -0.15) is 0 Å². The third-order valence-electron chi connectivity index (χ3n) is 4.32. The molecule has 3 rings (SSSR count). The standard InChI is InChI=1S/C24H22N2O2/c1-17(26-28-18(2)27)16-24(25)23-14-12-22(13-15-23)21-10-8-20(9-11-21)19-6-4-3-5-7-19/h3-15,25H,16H2,1-2H3/b25-24?,26-17+. The van der Waals surface area contributed by atoms with Crippen LogP contribution >= 0.6 is 0 Å². The predicted octanol–water partition coefficient (Wildman–Crippen LogP) is 5.72. The zero-order valence-electron chi connectivity index (χ0n) is 16.0. The first-order valence-corrected chi connectivity index (χ1v) is 9.07. The van der Waals surface area contributed by atoms with Crippen molar-refractivity contribution >= 4 is 17.4 Å². The molecule has 0 fully saturated rings. The molecule has 0 radical (unpaired) electrons. The molecule has 0 atom stereocenters. The monoisotopic (exact) mass is 370 g/mol. The van der Waals surface area contributed by atoms with Crippen LogP contribution in [-0.4, -0.2) is 17.4 Å². The molecule has 1 N–H and O–H groups in total. The lowest BCUT2D eigenvalue weighted by Crippen LogP contribution is -2.06. The van der Waals surface area contributed by atoms with Crippen LogP contribution in [0.4, 0.5) is 0 Å². The van der Waals surface area contributed by atoms with Crippen molar-refractivity contribution in [3.63, 3.8) is 0 Å². The molecule has 0 aliphatic carbocycles. The summed E-state index contributed by atoms with van der Waals surface area (Å²) in [7, 11) is 0. The van der Waals surface area contributed by atoms with Gasteiger partial charge >= 0.3 is 5.97 Å². The van der Waals surface area contributed by atoms with E-state index in [0.717, 1.165) is 16.7 Å². The Balaban J connectivity index is 1.69. The highest BCUT2D eigenvalue weighted by molar-refractivity contribution is 6.10. The Kier molecular flexibility index (Phi) is 6.12. The van der Waals surface area contributed by atoms with Crippen molar-refractivity contribution < 1.29 is 9.63 Å². The van der Waals surface area contributed by atoms with Crippen LogP contribution in [0.5, 0.6) is 0 Å². The summed E-state index contributed by atoms with van der Waals surface area (Å²) < 4.78 is 0. The molecule has 0 saturated heterocycles. The number of carbonyl (C=O) groups excluding carboxylic acids is 1. The Morgan fingerprint density at radius 3 is 1.75 bits per heavy atom. The smallest absolute Gasteiger partial charge is 0.319 e. The minimum Gasteiger partial charge on any atom is -0.319 e. The first-order valence-electron chi connectivity index (χ1n) is 9.07. The average molecular weight is 370 g/mol. The normalized spacial score (nSPS) is 11.1. The zero-order valence-corrected chi connectivity index (χ0v) is 16.0. The van der Waals surface area contributed by atoms with E-state index in [-0.39, 0.29) is 0 Å². The minimum absolute atomic E-state index is 0.332. The highest BCUT2D eigenvalue weighted by atomic mass is 16.7. The highest BCUT2D eigenvalue weighted by Gasteiger charge is 2.06. The quantitative estimate of drug-likeness (QED) is 0.343. The summed E-state index contributed by atoms with van der Waals surface area (Å²) in [6, 6.07) is 26.6. The van der Waals surface area contributed by atoms with Gasteiger partial charge in [-0.1, -0.05) is 84.0 Å². The number of hydrogen-bond acceptors (Lipinski definition) is 4. The molecule has 4 heteroatoms. The van der Waals surface area contributed by atoms with E-state index in [9.17, 15) is 4.79 Å². The number of hydrogen-bond donors (Lipinski definition) is 1. The fourth-order valence-electron chi connectivity index (χ4n) is 2.88. The van der Waals surface area contributed by atoms with Crippen LogP contribution in [0.15, 0.2) is 84.0 Å². The second-order valence-corrected chi connectivity index (χ2v) is 6.59. The first-order chi connectivity index (χ1) is 13.5. The van der Waals surface area contributed by atoms with Gasteiger partial charge in [0.25, 0.3) is 0 Å². The second-order valence-electron chi connectivity index (χ2n) is 6.59. The number of carbonyl (C=O) groups is 1. The number of rotatable bonds is 6. The molecule has 0 aromatic heterocycles. The summed E-state index contributed by atoms with van der Waals surface area (Å²) in [4.78, 5) is 15.4. The third kappa shape index (κ3) is 5.01. The summed E-state index contributed by atoms with van der Waals surface area (Å²) in [5.41, 5.74) is 6.45. The fourth-order valence-corrected chi connectivity index (χ4v) is 2.88. The van der Waals surface area contributed by atoms with E-state index in [0.29, 0.717) is 17.8 Å². The molecular weight excluding hydrogens is 348 g/mol. The maximum atomic E-state index is 10.8. The maximum Gasteiger partial charge on any atom is 0.331 e. The molecule has 3 aromatic carbocycles. The van der Waals surface area contributed by atoms with Crippen molar-refractivity contribution in [1.29, 1.82) is 5.41 Å². The number of nitrogens with zero attached hydrogens (tertiary/aromatic N) is 1. The molecule has 0 saturated carbocycles. The van der Waals surface area contributed by atoms with E-state index in [1.807, 2.05) is 42.5 Å². The van der Waals surface area contributed by atoms with Crippen LogP contribution in [0.25, 0.3) is 22.3 Å². The summed E-state index contributed by atoms with van der Waals surface area (Å²) >= 11 is 0. The van der Waals surface area contributed by atoms with Crippen molar-refractivity contribution in [3.8, 4) is 22.3 Å². The van der Waals surface area contributed by atoms with Crippen LogP contribution in [0.1, 0.15) is 25.8 Å². The van der Waals surface area contributed by atoms with Gasteiger partial charge in [0.2, 0.25) is 0 Å². The van der Waals surface area contributed by atoms with Crippen LogP contribution in [0.3, 0.4) is 0 Å². The van der Waals surface area contributed by atoms with E-state index < -0.39 is 5.97 Å². The summed E-state index contributed by atoms with van der Waals surface area (Å²) in [6.07, 6.45) is 0.332. The maximum absolute atomic E-state index is 10.8. The van der Waals surface area contributed by atoms with Gasteiger partial charge in [0.15, 0.2) is 0 Å². The van der Waals surface area contributed by atoms with E-state index in [1.54, 1.807) is 6.92 Å². The predicted molar refractivity (Wildman–Crippen MR) is 114 cm³/mol. The molecule has 0 spiro atoms. The molecule has 28 heavy (non-hydrogen) atoms. The number of oxime groups is 1. The van der Waals surface area contributed by atoms with Gasteiger partial charge in [0.05, 0.1) is 5.71 Å². The molecule has 0 aliphatic rings. The van der Waals surface area contributed by atoms with Gasteiger partial charge in [-0.3, -0.25) is 0 Å². The van der Waals surface area contributed by atoms with Gasteiger partial charge in [0, 0.05) is 19.1 Å². The van der Waals surface area contributed by atoms with Gasteiger partial charge in [-0.25, -0.2) is 4.79 Å². The topological polar surface area (TPSA) is 62.5 Å². The largest absolute Gasteiger partial charge is 0.331 e. The van der Waals surface area contributed by atoms with Crippen LogP contribution in [0.2, 0.25) is 0 Å². The molecule has 0 heterocycles. The molecule has 0 amide bonds. The van der Waals surface area contributed by atoms with Crippen LogP contribution in [0, 0.1) is 5.41 Å². The highest BCUT2D eigenvalue weighted by Crippen LogP contribution is 2.25. The average Bonchev–Trinajstić information content (AvgIpc) is 2.73. The Hall–Kier alpha value is -3.53. The Morgan fingerprint density at radius 1 is 0.786 bits per heavy atom. The lowest BCUT2D eigenvalue weighted by Gasteiger charge is -2.07. The minimum atomic E-state index is -0.464. The van der Waals surface area contributed by atoms with E-state index >= 15 is 0 Å². The van der Waals surface area contributed by atoms with Crippen LogP contribution in [-0.2, 0) is 9.63 Å². The van der Waals surface area contributed by atoms with Gasteiger partial charge in [-0.15, -0.1) is 0 Å². The molecule has 0 aliphatic heterocycles. The van der Waals surface area contributed by atoms with Crippen molar-refractivity contribution in [2.24, 2.45) is 5.16 Å². The Morgan fingerprint density at radius 2 is 1.25 bits per heavy atom. The first kappa shape index (κ1) is 19.2. The molecule has 0 unspecified atom stereocenters. The summed E-state index contributed by atoms with van der Waals surface area (Å²) in [5, 5.41) is 11.9. The summed E-state index contributed by atoms with van der Waals surface area (Å²) in [5.74, 6) is -0.464. The van der Waals surface area contributed by atoms with Crippen molar-refractivity contribution in [3.05, 3.63) is 84.4 Å². The SMILES string of the molecule is CC(=O)O/N=C(\C)CC(=N)c1ccc(-c2ccc(-c3ccccc3)cc2)cc1. The van der Waals surface area contributed by atoms with E-state index in [1.165, 1.54) is 18.1 Å². The van der Waals surface area contributed by atoms with Crippen molar-refractivity contribution in [2.75, 3.05) is 0 Å². The fraction of sp³-hybridized carbons (Fsp3) is 0.125. The second kappa shape index (κ2) is 8.91. The third-order valence-corrected chi connectivity index (χ3v) is 4.32. The van der Waals surface area contributed by atoms with E-state index in [2.05, 4.69) is 46.4 Å². The van der Waals surface area contributed by atoms with Gasteiger partial charge < -0.3 is 10.2 Å². The molecule has 0 bridgehead atoms. The lowest BCUT2D eigenvalue weighted by atomic mass is 9.98. The zero-order chi connectivity index (χ0) is 19.9. The molecule has 3 aromatic rings. The van der Waals surface area contributed by atoms with Crippen molar-refractivity contribution in [1.82, 2.24) is 0 Å². The van der Waals surface area contributed by atoms with E-state index in [4.69, 9.17) is 5.41 Å². The molecule has 4 nitrogen and oxygen atoms in total. The number of benzene rings is 3. The lowest BCUT2D eigenvalue weighted by molar-refractivity contribution is -0.140.